The van der Waals surface area contributed by atoms with Crippen LogP contribution < -0.4 is 0 Å². The van der Waals surface area contributed by atoms with Gasteiger partial charge in [0.25, 0.3) is 0 Å². The van der Waals surface area contributed by atoms with E-state index in [1.54, 1.807) is 0 Å². The number of hydrogen-bond donors (Lipinski definition) is 0. The summed E-state index contributed by atoms with van der Waals surface area (Å²) >= 11 is 0. The van der Waals surface area contributed by atoms with E-state index in [0.717, 1.165) is 6.61 Å². The Morgan fingerprint density at radius 2 is 2.14 bits per heavy atom. The van der Waals surface area contributed by atoms with E-state index in [1.807, 2.05) is 6.92 Å². The minimum atomic E-state index is -3.37. The van der Waals surface area contributed by atoms with Crippen molar-refractivity contribution in [2.45, 2.75) is 26.2 Å². The Morgan fingerprint density at radius 1 is 1.50 bits per heavy atom. The predicted octanol–water partition coefficient (Wildman–Crippen LogP) is 2.01. The number of rotatable bonds is 6. The first-order valence-electron chi connectivity index (χ1n) is 4.97. The highest BCUT2D eigenvalue weighted by Gasteiger charge is 2.18. The van der Waals surface area contributed by atoms with E-state index in [4.69, 9.17) is 15.4 Å². The Bertz CT molecular complexity index is 259. The van der Waals surface area contributed by atoms with Crippen molar-refractivity contribution in [3.63, 3.8) is 0 Å². The van der Waals surface area contributed by atoms with E-state index in [2.05, 4.69) is 0 Å². The Kier molecular flexibility index (Phi) is 4.67. The molecule has 0 heterocycles. The molecule has 1 rings (SSSR count). The van der Waals surface area contributed by atoms with Crippen LogP contribution in [0.25, 0.3) is 0 Å². The van der Waals surface area contributed by atoms with Gasteiger partial charge in [0.15, 0.2) is 0 Å². The highest BCUT2D eigenvalue weighted by molar-refractivity contribution is 8.13. The Balaban J connectivity index is 2.05. The van der Waals surface area contributed by atoms with Gasteiger partial charge in [0.05, 0.1) is 12.4 Å². The monoisotopic (exact) mass is 240 g/mol. The van der Waals surface area contributed by atoms with Crippen molar-refractivity contribution in [3.05, 3.63) is 0 Å². The van der Waals surface area contributed by atoms with Crippen molar-refractivity contribution in [1.29, 1.82) is 0 Å². The van der Waals surface area contributed by atoms with Crippen molar-refractivity contribution in [2.75, 3.05) is 19.0 Å². The highest BCUT2D eigenvalue weighted by atomic mass is 35.7. The molecule has 1 saturated carbocycles. The summed E-state index contributed by atoms with van der Waals surface area (Å²) in [6.45, 7) is 3.09. The molecule has 5 heteroatoms. The second-order valence-electron chi connectivity index (χ2n) is 4.15. The lowest BCUT2D eigenvalue weighted by atomic mass is 9.86. The minimum absolute atomic E-state index is 0.000772. The molecule has 1 atom stereocenters. The van der Waals surface area contributed by atoms with Crippen molar-refractivity contribution < 1.29 is 13.2 Å². The lowest BCUT2D eigenvalue weighted by Crippen LogP contribution is -2.21. The maximum Gasteiger partial charge on any atom is 0.232 e. The molecule has 0 saturated heterocycles. The maximum atomic E-state index is 10.7. The van der Waals surface area contributed by atoms with Crippen LogP contribution in [-0.4, -0.2) is 27.4 Å². The zero-order valence-corrected chi connectivity index (χ0v) is 9.98. The quantitative estimate of drug-likeness (QED) is 0.667. The van der Waals surface area contributed by atoms with Crippen LogP contribution in [0.2, 0.25) is 0 Å². The number of ether oxygens (including phenoxy) is 1. The first kappa shape index (κ1) is 12.3. The van der Waals surface area contributed by atoms with Crippen LogP contribution in [0.1, 0.15) is 26.2 Å². The van der Waals surface area contributed by atoms with E-state index in [-0.39, 0.29) is 11.7 Å². The molecule has 0 N–H and O–H groups in total. The Hall–Kier alpha value is 0.200. The molecule has 1 unspecified atom stereocenters. The molecule has 1 fully saturated rings. The van der Waals surface area contributed by atoms with E-state index >= 15 is 0 Å². The largest absolute Gasteiger partial charge is 0.381 e. The summed E-state index contributed by atoms with van der Waals surface area (Å²) in [5, 5.41) is 0. The van der Waals surface area contributed by atoms with Crippen LogP contribution in [-0.2, 0) is 13.8 Å². The zero-order chi connectivity index (χ0) is 10.6. The van der Waals surface area contributed by atoms with Crippen LogP contribution in [0.5, 0.6) is 0 Å². The van der Waals surface area contributed by atoms with Crippen LogP contribution in [0.3, 0.4) is 0 Å². The fraction of sp³-hybridized carbons (Fsp3) is 1.00. The summed E-state index contributed by atoms with van der Waals surface area (Å²) in [5.74, 6) is 0.687. The molecule has 0 aromatic heterocycles. The van der Waals surface area contributed by atoms with Gasteiger partial charge in [-0.2, -0.15) is 0 Å². The molecule has 84 valence electrons. The first-order valence-corrected chi connectivity index (χ1v) is 7.45. The SMILES string of the molecule is CC(COCC1CCC1)CS(=O)(=O)Cl. The van der Waals surface area contributed by atoms with Gasteiger partial charge < -0.3 is 4.74 Å². The standard InChI is InChI=1S/C9H17ClO3S/c1-8(7-14(10,11)12)5-13-6-9-3-2-4-9/h8-9H,2-7H2,1H3. The lowest BCUT2D eigenvalue weighted by molar-refractivity contribution is 0.0552. The van der Waals surface area contributed by atoms with Crippen molar-refractivity contribution in [1.82, 2.24) is 0 Å². The zero-order valence-electron chi connectivity index (χ0n) is 8.41. The molecule has 1 aliphatic rings. The predicted molar refractivity (Wildman–Crippen MR) is 57.0 cm³/mol. The molecular weight excluding hydrogens is 224 g/mol. The molecule has 14 heavy (non-hydrogen) atoms. The van der Waals surface area contributed by atoms with Crippen molar-refractivity contribution in [3.8, 4) is 0 Å². The van der Waals surface area contributed by atoms with E-state index in [9.17, 15) is 8.42 Å². The van der Waals surface area contributed by atoms with Crippen molar-refractivity contribution in [2.24, 2.45) is 11.8 Å². The van der Waals surface area contributed by atoms with E-state index in [1.165, 1.54) is 19.3 Å². The summed E-state index contributed by atoms with van der Waals surface area (Å²) in [5.41, 5.74) is 0. The Labute approximate surface area is 90.2 Å². The molecular formula is C9H17ClO3S. The van der Waals surface area contributed by atoms with Crippen LogP contribution in [0, 0.1) is 11.8 Å². The first-order chi connectivity index (χ1) is 6.47. The fourth-order valence-electron chi connectivity index (χ4n) is 1.48. The molecule has 1 aliphatic carbocycles. The second-order valence-corrected chi connectivity index (χ2v) is 6.97. The van der Waals surface area contributed by atoms with Gasteiger partial charge in [-0.25, -0.2) is 8.42 Å². The molecule has 0 aromatic carbocycles. The molecule has 0 spiro atoms. The molecule has 0 aromatic rings. The van der Waals surface area contributed by atoms with Gasteiger partial charge in [-0.1, -0.05) is 13.3 Å². The third kappa shape index (κ3) is 5.17. The molecule has 0 amide bonds. The average Bonchev–Trinajstić information content (AvgIpc) is 1.90. The Morgan fingerprint density at radius 3 is 2.57 bits per heavy atom. The number of hydrogen-bond acceptors (Lipinski definition) is 3. The maximum absolute atomic E-state index is 10.7. The third-order valence-corrected chi connectivity index (χ3v) is 3.81. The number of halogens is 1. The lowest BCUT2D eigenvalue weighted by Gasteiger charge is -2.25. The van der Waals surface area contributed by atoms with E-state index in [0.29, 0.717) is 12.5 Å². The summed E-state index contributed by atoms with van der Waals surface area (Å²) in [6, 6.07) is 0. The van der Waals surface area contributed by atoms with Gasteiger partial charge in [-0.15, -0.1) is 0 Å². The van der Waals surface area contributed by atoms with Crippen LogP contribution in [0.4, 0.5) is 0 Å². The van der Waals surface area contributed by atoms with Gasteiger partial charge >= 0.3 is 0 Å². The molecule has 3 nitrogen and oxygen atoms in total. The smallest absolute Gasteiger partial charge is 0.232 e. The minimum Gasteiger partial charge on any atom is -0.381 e. The summed E-state index contributed by atoms with van der Waals surface area (Å²) < 4.78 is 26.9. The highest BCUT2D eigenvalue weighted by Crippen LogP contribution is 2.26. The molecule has 0 bridgehead atoms. The van der Waals surface area contributed by atoms with Gasteiger partial charge in [-0.05, 0) is 24.7 Å². The van der Waals surface area contributed by atoms with Crippen molar-refractivity contribution >= 4 is 19.7 Å². The van der Waals surface area contributed by atoms with Crippen LogP contribution in [0.15, 0.2) is 0 Å². The summed E-state index contributed by atoms with van der Waals surface area (Å²) in [6.07, 6.45) is 3.81. The fourth-order valence-corrected chi connectivity index (χ4v) is 2.90. The molecule has 0 radical (unpaired) electrons. The van der Waals surface area contributed by atoms with Gasteiger partial charge in [0.1, 0.15) is 0 Å². The second kappa shape index (κ2) is 5.33. The van der Waals surface area contributed by atoms with Gasteiger partial charge in [-0.3, -0.25) is 0 Å². The van der Waals surface area contributed by atoms with Gasteiger partial charge in [0, 0.05) is 17.3 Å². The van der Waals surface area contributed by atoms with Crippen LogP contribution >= 0.6 is 10.7 Å². The normalized spacial score (nSPS) is 20.4. The topological polar surface area (TPSA) is 43.4 Å². The summed E-state index contributed by atoms with van der Waals surface area (Å²) in [7, 11) is 1.75. The summed E-state index contributed by atoms with van der Waals surface area (Å²) in [4.78, 5) is 0. The molecule has 0 aliphatic heterocycles. The third-order valence-electron chi connectivity index (χ3n) is 2.46. The average molecular weight is 241 g/mol. The van der Waals surface area contributed by atoms with E-state index < -0.39 is 9.05 Å². The van der Waals surface area contributed by atoms with Gasteiger partial charge in [0.2, 0.25) is 9.05 Å².